The van der Waals surface area contributed by atoms with Gasteiger partial charge in [0.25, 0.3) is 0 Å². The van der Waals surface area contributed by atoms with E-state index in [0.29, 0.717) is 21.9 Å². The van der Waals surface area contributed by atoms with Crippen molar-refractivity contribution in [2.45, 2.75) is 36.2 Å². The molecule has 0 aliphatic carbocycles. The summed E-state index contributed by atoms with van der Waals surface area (Å²) in [5, 5.41) is 1.41. The molecule has 2 bridgehead atoms. The lowest BCUT2D eigenvalue weighted by Crippen LogP contribution is -2.25. The van der Waals surface area contributed by atoms with Gasteiger partial charge in [-0.2, -0.15) is 11.8 Å². The fourth-order valence-corrected chi connectivity index (χ4v) is 4.70. The molecule has 0 amide bonds. The molecule has 96 valence electrons. The Hall–Kier alpha value is -1.03. The number of rotatable bonds is 3. The van der Waals surface area contributed by atoms with Crippen LogP contribution in [0.2, 0.25) is 0 Å². The Bertz CT molecular complexity index is 434. The normalized spacial score (nSPS) is 30.2. The molecule has 0 radical (unpaired) electrons. The van der Waals surface area contributed by atoms with Gasteiger partial charge >= 0.3 is 0 Å². The van der Waals surface area contributed by atoms with E-state index in [0.717, 1.165) is 12.8 Å². The number of thioether (sulfide) groups is 1. The number of nitrogens with zero attached hydrogens (tertiary/aromatic N) is 1. The number of ether oxygens (including phenoxy) is 1. The highest BCUT2D eigenvalue weighted by molar-refractivity contribution is 8.00. The number of ketones is 1. The zero-order valence-corrected chi connectivity index (χ0v) is 11.3. The predicted octanol–water partition coefficient (Wildman–Crippen LogP) is 2.95. The minimum Gasteiger partial charge on any atom is -0.495 e. The summed E-state index contributed by atoms with van der Waals surface area (Å²) < 4.78 is 5.06. The fraction of sp³-hybridized carbons (Fsp3) is 0.571. The van der Waals surface area contributed by atoms with Gasteiger partial charge in [-0.05, 0) is 37.8 Å². The van der Waals surface area contributed by atoms with Crippen LogP contribution in [0.5, 0.6) is 5.75 Å². The van der Waals surface area contributed by atoms with Crippen molar-refractivity contribution in [1.82, 2.24) is 4.98 Å². The summed E-state index contributed by atoms with van der Waals surface area (Å²) in [5.74, 6) is 1.10. The molecule has 4 heteroatoms. The molecule has 3 rings (SSSR count). The highest BCUT2D eigenvalue weighted by Gasteiger charge is 2.38. The van der Waals surface area contributed by atoms with Gasteiger partial charge in [0.1, 0.15) is 11.4 Å². The minimum atomic E-state index is 0.185. The molecular formula is C14H17NO2S. The molecule has 0 N–H and O–H groups in total. The van der Waals surface area contributed by atoms with Crippen molar-refractivity contribution < 1.29 is 9.53 Å². The van der Waals surface area contributed by atoms with Gasteiger partial charge in [-0.1, -0.05) is 0 Å². The summed E-state index contributed by atoms with van der Waals surface area (Å²) in [6.07, 6.45) is 6.27. The van der Waals surface area contributed by atoms with Crippen molar-refractivity contribution in [1.29, 1.82) is 0 Å². The number of fused-ring (bicyclic) bond motifs is 2. The molecule has 2 atom stereocenters. The molecule has 0 aromatic carbocycles. The Kier molecular flexibility index (Phi) is 3.29. The summed E-state index contributed by atoms with van der Waals surface area (Å²) in [4.78, 5) is 16.6. The van der Waals surface area contributed by atoms with E-state index in [1.807, 2.05) is 6.07 Å². The van der Waals surface area contributed by atoms with Gasteiger partial charge in [-0.15, -0.1) is 0 Å². The second kappa shape index (κ2) is 4.92. The number of methoxy groups -OCH3 is 1. The molecular weight excluding hydrogens is 246 g/mol. The third-order valence-corrected chi connectivity index (χ3v) is 5.51. The van der Waals surface area contributed by atoms with E-state index in [1.165, 1.54) is 12.8 Å². The van der Waals surface area contributed by atoms with E-state index in [1.54, 1.807) is 19.4 Å². The van der Waals surface area contributed by atoms with Crippen LogP contribution in [0.15, 0.2) is 18.3 Å². The molecule has 2 saturated heterocycles. The lowest BCUT2D eigenvalue weighted by atomic mass is 9.92. The smallest absolute Gasteiger partial charge is 0.184 e. The standard InChI is InChI=1S/C14H17NO2S/c1-17-10-2-5-13(15-8-10)14(16)9-6-11-3-4-12(7-9)18-11/h2,5,8-9,11-12H,3-4,6-7H2,1H3. The highest BCUT2D eigenvalue weighted by atomic mass is 32.2. The van der Waals surface area contributed by atoms with Crippen LogP contribution in [0.25, 0.3) is 0 Å². The summed E-state index contributed by atoms with van der Waals surface area (Å²) >= 11 is 2.08. The largest absolute Gasteiger partial charge is 0.495 e. The Balaban J connectivity index is 1.73. The first kappa shape index (κ1) is 12.0. The first-order valence-electron chi connectivity index (χ1n) is 6.46. The lowest BCUT2D eigenvalue weighted by Gasteiger charge is -2.25. The molecule has 18 heavy (non-hydrogen) atoms. The summed E-state index contributed by atoms with van der Waals surface area (Å²) in [7, 11) is 1.61. The van der Waals surface area contributed by atoms with Crippen LogP contribution in [0, 0.1) is 5.92 Å². The van der Waals surface area contributed by atoms with Crippen molar-refractivity contribution in [3.05, 3.63) is 24.0 Å². The van der Waals surface area contributed by atoms with E-state index >= 15 is 0 Å². The molecule has 2 fully saturated rings. The molecule has 1 aromatic heterocycles. The highest BCUT2D eigenvalue weighted by Crippen LogP contribution is 2.46. The predicted molar refractivity (Wildman–Crippen MR) is 72.2 cm³/mol. The lowest BCUT2D eigenvalue weighted by molar-refractivity contribution is 0.0901. The van der Waals surface area contributed by atoms with Crippen molar-refractivity contribution in [3.63, 3.8) is 0 Å². The van der Waals surface area contributed by atoms with E-state index in [9.17, 15) is 4.79 Å². The van der Waals surface area contributed by atoms with Crippen LogP contribution in [-0.2, 0) is 0 Å². The van der Waals surface area contributed by atoms with E-state index < -0.39 is 0 Å². The number of aromatic nitrogens is 1. The van der Waals surface area contributed by atoms with Gasteiger partial charge in [-0.25, -0.2) is 4.98 Å². The van der Waals surface area contributed by atoms with Crippen LogP contribution in [0.3, 0.4) is 0 Å². The molecule has 0 saturated carbocycles. The molecule has 0 spiro atoms. The summed E-state index contributed by atoms with van der Waals surface area (Å²) in [6.45, 7) is 0. The van der Waals surface area contributed by atoms with Crippen LogP contribution in [0.4, 0.5) is 0 Å². The van der Waals surface area contributed by atoms with Gasteiger partial charge in [0, 0.05) is 16.4 Å². The maximum Gasteiger partial charge on any atom is 0.184 e. The van der Waals surface area contributed by atoms with E-state index in [2.05, 4.69) is 16.7 Å². The van der Waals surface area contributed by atoms with Crippen LogP contribution in [0.1, 0.15) is 36.2 Å². The number of carbonyl (C=O) groups is 1. The summed E-state index contributed by atoms with van der Waals surface area (Å²) in [6, 6.07) is 3.59. The van der Waals surface area contributed by atoms with Crippen molar-refractivity contribution in [3.8, 4) is 5.75 Å². The van der Waals surface area contributed by atoms with E-state index in [4.69, 9.17) is 4.74 Å². The average Bonchev–Trinajstić information content (AvgIpc) is 2.77. The first-order chi connectivity index (χ1) is 8.76. The maximum atomic E-state index is 12.4. The topological polar surface area (TPSA) is 39.2 Å². The Morgan fingerprint density at radius 2 is 2.06 bits per heavy atom. The molecule has 3 heterocycles. The molecule has 2 unspecified atom stereocenters. The number of carbonyl (C=O) groups excluding carboxylic acids is 1. The number of Topliss-reactive ketones (excluding diaryl/α,β-unsaturated/α-hetero) is 1. The second-order valence-corrected chi connectivity index (χ2v) is 6.68. The first-order valence-corrected chi connectivity index (χ1v) is 7.40. The Morgan fingerprint density at radius 3 is 2.61 bits per heavy atom. The van der Waals surface area contributed by atoms with Crippen LogP contribution >= 0.6 is 11.8 Å². The SMILES string of the molecule is COc1ccc(C(=O)C2CC3CCC(C2)S3)nc1. The molecule has 1 aromatic rings. The van der Waals surface area contributed by atoms with Crippen molar-refractivity contribution >= 4 is 17.5 Å². The molecule has 3 nitrogen and oxygen atoms in total. The molecule has 2 aliphatic rings. The van der Waals surface area contributed by atoms with Gasteiger partial charge in [0.05, 0.1) is 13.3 Å². The van der Waals surface area contributed by atoms with Crippen molar-refractivity contribution in [2.24, 2.45) is 5.92 Å². The van der Waals surface area contributed by atoms with Crippen LogP contribution in [-0.4, -0.2) is 28.4 Å². The van der Waals surface area contributed by atoms with Gasteiger partial charge < -0.3 is 4.74 Å². The zero-order valence-electron chi connectivity index (χ0n) is 10.5. The quantitative estimate of drug-likeness (QED) is 0.786. The summed E-state index contributed by atoms with van der Waals surface area (Å²) in [5.41, 5.74) is 0.590. The Morgan fingerprint density at radius 1 is 1.33 bits per heavy atom. The number of hydrogen-bond donors (Lipinski definition) is 0. The third kappa shape index (κ3) is 2.26. The van der Waals surface area contributed by atoms with Gasteiger partial charge in [-0.3, -0.25) is 4.79 Å². The van der Waals surface area contributed by atoms with Gasteiger partial charge in [0.15, 0.2) is 5.78 Å². The number of hydrogen-bond acceptors (Lipinski definition) is 4. The van der Waals surface area contributed by atoms with Gasteiger partial charge in [0.2, 0.25) is 0 Å². The Labute approximate surface area is 111 Å². The van der Waals surface area contributed by atoms with E-state index in [-0.39, 0.29) is 11.7 Å². The zero-order chi connectivity index (χ0) is 12.5. The molecule has 2 aliphatic heterocycles. The fourth-order valence-electron chi connectivity index (χ4n) is 2.93. The van der Waals surface area contributed by atoms with Crippen LogP contribution < -0.4 is 4.74 Å². The second-order valence-electron chi connectivity index (χ2n) is 5.07. The number of pyridine rings is 1. The third-order valence-electron chi connectivity index (χ3n) is 3.89. The minimum absolute atomic E-state index is 0.185. The van der Waals surface area contributed by atoms with Crippen molar-refractivity contribution in [2.75, 3.05) is 7.11 Å². The monoisotopic (exact) mass is 263 g/mol. The average molecular weight is 263 g/mol. The maximum absolute atomic E-state index is 12.4.